The molecule has 0 aliphatic carbocycles. The summed E-state index contributed by atoms with van der Waals surface area (Å²) in [5.41, 5.74) is 9.30. The fourth-order valence-corrected chi connectivity index (χ4v) is 2.91. The van der Waals surface area contributed by atoms with Gasteiger partial charge >= 0.3 is 0 Å². The van der Waals surface area contributed by atoms with Crippen molar-refractivity contribution in [2.45, 2.75) is 26.4 Å². The van der Waals surface area contributed by atoms with Gasteiger partial charge in [0.1, 0.15) is 5.75 Å². The van der Waals surface area contributed by atoms with Gasteiger partial charge in [-0.3, -0.25) is 0 Å². The van der Waals surface area contributed by atoms with E-state index in [2.05, 4.69) is 28.4 Å². The first-order valence-electron chi connectivity index (χ1n) is 6.57. The lowest BCUT2D eigenvalue weighted by Gasteiger charge is -2.25. The Morgan fingerprint density at radius 2 is 2.20 bits per heavy atom. The molecule has 0 aliphatic heterocycles. The first-order valence-corrected chi connectivity index (χ1v) is 7.45. The number of ether oxygens (including phenoxy) is 1. The molecule has 1 heterocycles. The average molecular weight is 291 g/mol. The third-order valence-electron chi connectivity index (χ3n) is 3.20. The van der Waals surface area contributed by atoms with Crippen molar-refractivity contribution in [3.63, 3.8) is 0 Å². The second-order valence-corrected chi connectivity index (χ2v) is 5.96. The standard InChI is InChI=1S/C15H21N3OS/c1-10(16)15-13(6-5-7-14(15)19-4)18(3)8-12-9-20-11(2)17-12/h5-7,9-10H,8,16H2,1-4H3/t10-/m1/s1. The van der Waals surface area contributed by atoms with E-state index in [-0.39, 0.29) is 6.04 Å². The summed E-state index contributed by atoms with van der Waals surface area (Å²) in [4.78, 5) is 6.67. The van der Waals surface area contributed by atoms with Gasteiger partial charge in [0, 0.05) is 29.7 Å². The number of rotatable bonds is 5. The molecule has 0 radical (unpaired) electrons. The van der Waals surface area contributed by atoms with Gasteiger partial charge in [-0.05, 0) is 26.0 Å². The number of aryl methyl sites for hydroxylation is 1. The molecule has 2 aromatic rings. The molecule has 0 saturated heterocycles. The molecular formula is C15H21N3OS. The number of anilines is 1. The van der Waals surface area contributed by atoms with Crippen LogP contribution >= 0.6 is 11.3 Å². The van der Waals surface area contributed by atoms with Crippen LogP contribution in [-0.2, 0) is 6.54 Å². The van der Waals surface area contributed by atoms with E-state index in [1.54, 1.807) is 18.4 Å². The first-order chi connectivity index (χ1) is 9.52. The lowest BCUT2D eigenvalue weighted by molar-refractivity contribution is 0.407. The third kappa shape index (κ3) is 3.11. The zero-order valence-corrected chi connectivity index (χ0v) is 13.2. The van der Waals surface area contributed by atoms with Crippen molar-refractivity contribution < 1.29 is 4.74 Å². The van der Waals surface area contributed by atoms with Crippen LogP contribution < -0.4 is 15.4 Å². The van der Waals surface area contributed by atoms with Crippen molar-refractivity contribution in [1.29, 1.82) is 0 Å². The number of nitrogens with two attached hydrogens (primary N) is 1. The minimum absolute atomic E-state index is 0.0826. The number of methoxy groups -OCH3 is 1. The van der Waals surface area contributed by atoms with Crippen LogP contribution in [0.1, 0.15) is 29.2 Å². The molecule has 4 nitrogen and oxygen atoms in total. The molecule has 0 amide bonds. The number of hydrogen-bond acceptors (Lipinski definition) is 5. The molecule has 0 bridgehead atoms. The molecule has 0 spiro atoms. The van der Waals surface area contributed by atoms with Crippen LogP contribution in [0.25, 0.3) is 0 Å². The smallest absolute Gasteiger partial charge is 0.125 e. The molecule has 108 valence electrons. The van der Waals surface area contributed by atoms with Crippen LogP contribution in [-0.4, -0.2) is 19.1 Å². The molecule has 0 unspecified atom stereocenters. The van der Waals surface area contributed by atoms with Crippen LogP contribution in [0.3, 0.4) is 0 Å². The maximum atomic E-state index is 6.11. The summed E-state index contributed by atoms with van der Waals surface area (Å²) in [6, 6.07) is 5.92. The van der Waals surface area contributed by atoms with Crippen LogP contribution in [0.15, 0.2) is 23.6 Å². The van der Waals surface area contributed by atoms with Gasteiger partial charge in [0.15, 0.2) is 0 Å². The molecule has 1 aromatic carbocycles. The highest BCUT2D eigenvalue weighted by Crippen LogP contribution is 2.33. The second-order valence-electron chi connectivity index (χ2n) is 4.90. The Hall–Kier alpha value is -1.59. The first kappa shape index (κ1) is 14.8. The fraction of sp³-hybridized carbons (Fsp3) is 0.400. The Balaban J connectivity index is 2.31. The molecular weight excluding hydrogens is 270 g/mol. The summed E-state index contributed by atoms with van der Waals surface area (Å²) in [5.74, 6) is 0.832. The van der Waals surface area contributed by atoms with Gasteiger partial charge in [-0.2, -0.15) is 0 Å². The fourth-order valence-electron chi connectivity index (χ4n) is 2.31. The Labute approximate surface area is 124 Å². The predicted octanol–water partition coefficient (Wildman–Crippen LogP) is 3.12. The summed E-state index contributed by atoms with van der Waals surface area (Å²) in [5, 5.41) is 3.18. The van der Waals surface area contributed by atoms with E-state index in [1.165, 1.54) is 0 Å². The highest BCUT2D eigenvalue weighted by molar-refractivity contribution is 7.09. The van der Waals surface area contributed by atoms with Crippen molar-refractivity contribution in [3.8, 4) is 5.75 Å². The van der Waals surface area contributed by atoms with Crippen molar-refractivity contribution in [1.82, 2.24) is 4.98 Å². The summed E-state index contributed by atoms with van der Waals surface area (Å²) in [6.07, 6.45) is 0. The molecule has 2 N–H and O–H groups in total. The molecule has 1 aromatic heterocycles. The van der Waals surface area contributed by atoms with E-state index in [1.807, 2.05) is 26.0 Å². The topological polar surface area (TPSA) is 51.4 Å². The van der Waals surface area contributed by atoms with Gasteiger partial charge in [-0.15, -0.1) is 11.3 Å². The van der Waals surface area contributed by atoms with Gasteiger partial charge in [0.2, 0.25) is 0 Å². The van der Waals surface area contributed by atoms with E-state index >= 15 is 0 Å². The van der Waals surface area contributed by atoms with E-state index in [0.717, 1.165) is 34.2 Å². The maximum absolute atomic E-state index is 6.11. The van der Waals surface area contributed by atoms with Crippen molar-refractivity contribution in [2.24, 2.45) is 5.73 Å². The Morgan fingerprint density at radius 1 is 1.45 bits per heavy atom. The second kappa shape index (κ2) is 6.24. The monoisotopic (exact) mass is 291 g/mol. The lowest BCUT2D eigenvalue weighted by Crippen LogP contribution is -2.21. The summed E-state index contributed by atoms with van der Waals surface area (Å²) in [6.45, 7) is 4.76. The Kier molecular flexibility index (Phi) is 4.62. The maximum Gasteiger partial charge on any atom is 0.125 e. The van der Waals surface area contributed by atoms with E-state index in [9.17, 15) is 0 Å². The minimum Gasteiger partial charge on any atom is -0.496 e. The lowest BCUT2D eigenvalue weighted by atomic mass is 10.0. The molecule has 20 heavy (non-hydrogen) atoms. The predicted molar refractivity (Wildman–Crippen MR) is 84.6 cm³/mol. The molecule has 0 aliphatic rings. The molecule has 0 fully saturated rings. The summed E-state index contributed by atoms with van der Waals surface area (Å²) in [7, 11) is 3.73. The van der Waals surface area contributed by atoms with Gasteiger partial charge in [-0.1, -0.05) is 6.07 Å². The van der Waals surface area contributed by atoms with Crippen LogP contribution in [0, 0.1) is 6.92 Å². The Bertz CT molecular complexity index is 580. The summed E-state index contributed by atoms with van der Waals surface area (Å²) >= 11 is 1.67. The molecule has 5 heteroatoms. The van der Waals surface area contributed by atoms with Crippen LogP contribution in [0.5, 0.6) is 5.75 Å². The number of nitrogens with zero attached hydrogens (tertiary/aromatic N) is 2. The largest absolute Gasteiger partial charge is 0.496 e. The zero-order valence-electron chi connectivity index (χ0n) is 12.4. The minimum atomic E-state index is -0.0826. The van der Waals surface area contributed by atoms with E-state index in [4.69, 9.17) is 10.5 Å². The van der Waals surface area contributed by atoms with Crippen LogP contribution in [0.2, 0.25) is 0 Å². The molecule has 0 saturated carbocycles. The number of hydrogen-bond donors (Lipinski definition) is 1. The summed E-state index contributed by atoms with van der Waals surface area (Å²) < 4.78 is 5.43. The van der Waals surface area contributed by atoms with E-state index in [0.29, 0.717) is 0 Å². The highest BCUT2D eigenvalue weighted by atomic mass is 32.1. The van der Waals surface area contributed by atoms with Gasteiger partial charge in [-0.25, -0.2) is 4.98 Å². The van der Waals surface area contributed by atoms with Gasteiger partial charge in [0.05, 0.1) is 24.4 Å². The molecule has 2 rings (SSSR count). The van der Waals surface area contributed by atoms with E-state index < -0.39 is 0 Å². The number of benzene rings is 1. The molecule has 1 atom stereocenters. The normalized spacial score (nSPS) is 12.2. The number of aromatic nitrogens is 1. The zero-order chi connectivity index (χ0) is 14.7. The Morgan fingerprint density at radius 3 is 2.75 bits per heavy atom. The van der Waals surface area contributed by atoms with Crippen molar-refractivity contribution >= 4 is 17.0 Å². The van der Waals surface area contributed by atoms with Crippen molar-refractivity contribution in [2.75, 3.05) is 19.1 Å². The third-order valence-corrected chi connectivity index (χ3v) is 4.02. The van der Waals surface area contributed by atoms with Gasteiger partial charge < -0.3 is 15.4 Å². The highest BCUT2D eigenvalue weighted by Gasteiger charge is 2.16. The van der Waals surface area contributed by atoms with Crippen molar-refractivity contribution in [3.05, 3.63) is 39.8 Å². The number of thiazole rings is 1. The SMILES string of the molecule is COc1cccc(N(C)Cc2csc(C)n2)c1[C@@H](C)N. The van der Waals surface area contributed by atoms with Gasteiger partial charge in [0.25, 0.3) is 0 Å². The van der Waals surface area contributed by atoms with Crippen LogP contribution in [0.4, 0.5) is 5.69 Å². The average Bonchev–Trinajstić information content (AvgIpc) is 2.82. The quantitative estimate of drug-likeness (QED) is 0.919.